The third-order valence-corrected chi connectivity index (χ3v) is 5.83. The fourth-order valence-corrected chi connectivity index (χ4v) is 4.18. The number of hydrogen-bond acceptors (Lipinski definition) is 3. The van der Waals surface area contributed by atoms with Gasteiger partial charge in [-0.25, -0.2) is 0 Å². The van der Waals surface area contributed by atoms with Gasteiger partial charge >= 0.3 is 0 Å². The van der Waals surface area contributed by atoms with E-state index in [1.807, 2.05) is 18.2 Å². The highest BCUT2D eigenvalue weighted by Gasteiger charge is 2.14. The summed E-state index contributed by atoms with van der Waals surface area (Å²) in [5.74, 6) is 1.50. The molecule has 1 N–H and O–H groups in total. The molecule has 1 aromatic heterocycles. The van der Waals surface area contributed by atoms with E-state index in [-0.39, 0.29) is 0 Å². The maximum atomic E-state index is 6.53. The van der Waals surface area contributed by atoms with E-state index in [0.29, 0.717) is 22.4 Å². The van der Waals surface area contributed by atoms with Gasteiger partial charge in [0.1, 0.15) is 11.5 Å². The molecule has 28 heavy (non-hydrogen) atoms. The number of furan rings is 1. The van der Waals surface area contributed by atoms with Crippen molar-refractivity contribution in [3.8, 4) is 11.3 Å². The zero-order valence-electron chi connectivity index (χ0n) is 15.4. The molecular weight excluding hydrogens is 415 g/mol. The number of anilines is 2. The predicted molar refractivity (Wildman–Crippen MR) is 119 cm³/mol. The lowest BCUT2D eigenvalue weighted by atomic mass is 10.1. The lowest BCUT2D eigenvalue weighted by Crippen LogP contribution is -2.29. The fraction of sp³-hybridized carbons (Fsp3) is 0.273. The summed E-state index contributed by atoms with van der Waals surface area (Å²) in [6, 6.07) is 15.3. The molecule has 4 rings (SSSR count). The van der Waals surface area contributed by atoms with Crippen LogP contribution in [0.15, 0.2) is 52.9 Å². The van der Waals surface area contributed by atoms with Crippen LogP contribution in [0.5, 0.6) is 0 Å². The monoisotopic (exact) mass is 434 g/mol. The Bertz CT molecular complexity index is 964. The van der Waals surface area contributed by atoms with Crippen molar-refractivity contribution in [2.75, 3.05) is 23.3 Å². The van der Waals surface area contributed by atoms with E-state index in [9.17, 15) is 0 Å². The minimum Gasteiger partial charge on any atom is -0.459 e. The molecule has 1 aliphatic rings. The van der Waals surface area contributed by atoms with Crippen molar-refractivity contribution in [2.24, 2.45) is 0 Å². The summed E-state index contributed by atoms with van der Waals surface area (Å²) in [5.41, 5.74) is 2.86. The van der Waals surface area contributed by atoms with Crippen LogP contribution in [0.1, 0.15) is 25.0 Å². The first-order valence-electron chi connectivity index (χ1n) is 9.43. The molecule has 1 saturated heterocycles. The minimum atomic E-state index is 0.553. The Morgan fingerprint density at radius 1 is 0.857 bits per heavy atom. The normalized spacial score (nSPS) is 14.3. The Kier molecular flexibility index (Phi) is 6.05. The molecular formula is C22H21Cl3N2O. The molecule has 6 heteroatoms. The Morgan fingerprint density at radius 3 is 2.46 bits per heavy atom. The molecule has 0 unspecified atom stereocenters. The molecule has 0 radical (unpaired) electrons. The van der Waals surface area contributed by atoms with Gasteiger partial charge in [-0.1, -0.05) is 34.8 Å². The lowest BCUT2D eigenvalue weighted by molar-refractivity contribution is 0.531. The molecule has 0 aliphatic carbocycles. The van der Waals surface area contributed by atoms with Gasteiger partial charge in [-0.05, 0) is 67.8 Å². The second kappa shape index (κ2) is 8.69. The predicted octanol–water partition coefficient (Wildman–Crippen LogP) is 7.51. The summed E-state index contributed by atoms with van der Waals surface area (Å²) in [7, 11) is 0. The molecule has 0 bridgehead atoms. The average Bonchev–Trinajstić information content (AvgIpc) is 3.18. The number of nitrogens with zero attached hydrogens (tertiary/aromatic N) is 1. The van der Waals surface area contributed by atoms with Crippen molar-refractivity contribution >= 4 is 46.2 Å². The van der Waals surface area contributed by atoms with Crippen LogP contribution in [-0.4, -0.2) is 13.1 Å². The van der Waals surface area contributed by atoms with Gasteiger partial charge in [0.05, 0.1) is 22.3 Å². The number of hydrogen-bond donors (Lipinski definition) is 1. The highest BCUT2D eigenvalue weighted by atomic mass is 35.5. The summed E-state index contributed by atoms with van der Waals surface area (Å²) in [5, 5.41) is 5.38. The standard InChI is InChI=1S/C22H21Cl3N2O/c23-15-4-7-19(24)18(12-15)22-9-6-17(28-22)14-26-16-5-8-21(20(25)13-16)27-10-2-1-3-11-27/h4-9,12-13,26H,1-3,10-11,14H2. The molecule has 2 heterocycles. The van der Waals surface area contributed by atoms with Gasteiger partial charge in [-0.15, -0.1) is 0 Å². The number of halogens is 3. The molecule has 1 aliphatic heterocycles. The molecule has 146 valence electrons. The molecule has 2 aromatic carbocycles. The first-order chi connectivity index (χ1) is 13.6. The van der Waals surface area contributed by atoms with Crippen LogP contribution in [0.2, 0.25) is 15.1 Å². The van der Waals surface area contributed by atoms with E-state index in [0.717, 1.165) is 40.8 Å². The van der Waals surface area contributed by atoms with E-state index in [2.05, 4.69) is 22.3 Å². The summed E-state index contributed by atoms with van der Waals surface area (Å²) < 4.78 is 5.93. The van der Waals surface area contributed by atoms with Crippen LogP contribution in [0.4, 0.5) is 11.4 Å². The fourth-order valence-electron chi connectivity index (χ4n) is 3.50. The van der Waals surface area contributed by atoms with E-state index in [4.69, 9.17) is 39.2 Å². The quantitative estimate of drug-likeness (QED) is 0.449. The van der Waals surface area contributed by atoms with Gasteiger partial charge in [0.2, 0.25) is 0 Å². The lowest BCUT2D eigenvalue weighted by Gasteiger charge is -2.29. The number of rotatable bonds is 5. The van der Waals surface area contributed by atoms with Crippen LogP contribution >= 0.6 is 34.8 Å². The Labute approximate surface area is 180 Å². The molecule has 3 aromatic rings. The summed E-state index contributed by atoms with van der Waals surface area (Å²) in [6.45, 7) is 2.71. The zero-order chi connectivity index (χ0) is 19.5. The zero-order valence-corrected chi connectivity index (χ0v) is 17.6. The Morgan fingerprint density at radius 2 is 1.68 bits per heavy atom. The smallest absolute Gasteiger partial charge is 0.135 e. The average molecular weight is 436 g/mol. The molecule has 3 nitrogen and oxygen atoms in total. The van der Waals surface area contributed by atoms with Gasteiger partial charge in [-0.2, -0.15) is 0 Å². The number of nitrogens with one attached hydrogen (secondary N) is 1. The molecule has 0 spiro atoms. The third-order valence-electron chi connectivity index (χ3n) is 4.97. The SMILES string of the molecule is Clc1ccc(Cl)c(-c2ccc(CNc3ccc(N4CCCCC4)c(Cl)c3)o2)c1. The first kappa shape index (κ1) is 19.5. The van der Waals surface area contributed by atoms with E-state index < -0.39 is 0 Å². The van der Waals surface area contributed by atoms with Gasteiger partial charge in [-0.3, -0.25) is 0 Å². The minimum absolute atomic E-state index is 0.553. The first-order valence-corrected chi connectivity index (χ1v) is 10.6. The van der Waals surface area contributed by atoms with Gasteiger partial charge < -0.3 is 14.6 Å². The van der Waals surface area contributed by atoms with E-state index in [1.165, 1.54) is 19.3 Å². The summed E-state index contributed by atoms with van der Waals surface area (Å²) in [4.78, 5) is 2.36. The molecule has 0 saturated carbocycles. The maximum Gasteiger partial charge on any atom is 0.135 e. The van der Waals surface area contributed by atoms with Crippen LogP contribution in [0.25, 0.3) is 11.3 Å². The van der Waals surface area contributed by atoms with Gasteiger partial charge in [0.15, 0.2) is 0 Å². The van der Waals surface area contributed by atoms with Crippen LogP contribution in [-0.2, 0) is 6.54 Å². The second-order valence-corrected chi connectivity index (χ2v) is 8.21. The summed E-state index contributed by atoms with van der Waals surface area (Å²) in [6.07, 6.45) is 3.76. The maximum absolute atomic E-state index is 6.53. The second-order valence-electron chi connectivity index (χ2n) is 6.96. The largest absolute Gasteiger partial charge is 0.459 e. The Hall–Kier alpha value is -1.81. The molecule has 0 atom stereocenters. The van der Waals surface area contributed by atoms with Crippen molar-refractivity contribution in [1.29, 1.82) is 0 Å². The van der Waals surface area contributed by atoms with Crippen LogP contribution in [0.3, 0.4) is 0 Å². The van der Waals surface area contributed by atoms with Crippen LogP contribution < -0.4 is 10.2 Å². The van der Waals surface area contributed by atoms with Crippen molar-refractivity contribution in [3.05, 3.63) is 69.4 Å². The molecule has 1 fully saturated rings. The Balaban J connectivity index is 1.43. The van der Waals surface area contributed by atoms with E-state index >= 15 is 0 Å². The number of piperidine rings is 1. The highest BCUT2D eigenvalue weighted by Crippen LogP contribution is 2.33. The van der Waals surface area contributed by atoms with Crippen molar-refractivity contribution in [2.45, 2.75) is 25.8 Å². The van der Waals surface area contributed by atoms with Crippen molar-refractivity contribution in [1.82, 2.24) is 0 Å². The van der Waals surface area contributed by atoms with E-state index in [1.54, 1.807) is 18.2 Å². The van der Waals surface area contributed by atoms with Gasteiger partial charge in [0, 0.05) is 29.4 Å². The topological polar surface area (TPSA) is 28.4 Å². The van der Waals surface area contributed by atoms with Gasteiger partial charge in [0.25, 0.3) is 0 Å². The third kappa shape index (κ3) is 4.43. The van der Waals surface area contributed by atoms with Crippen molar-refractivity contribution in [3.63, 3.8) is 0 Å². The highest BCUT2D eigenvalue weighted by molar-refractivity contribution is 6.35. The van der Waals surface area contributed by atoms with Crippen molar-refractivity contribution < 1.29 is 4.42 Å². The summed E-state index contributed by atoms with van der Waals surface area (Å²) >= 11 is 18.9. The number of benzene rings is 2. The van der Waals surface area contributed by atoms with Crippen LogP contribution in [0, 0.1) is 0 Å². The molecule has 0 amide bonds.